The van der Waals surface area contributed by atoms with Crippen molar-refractivity contribution in [1.29, 1.82) is 0 Å². The van der Waals surface area contributed by atoms with Crippen LogP contribution < -0.4 is 5.32 Å². The van der Waals surface area contributed by atoms with Crippen molar-refractivity contribution in [3.8, 4) is 10.6 Å². The molecule has 0 saturated heterocycles. The topological polar surface area (TPSA) is 58.5 Å². The van der Waals surface area contributed by atoms with Crippen molar-refractivity contribution in [3.05, 3.63) is 47.2 Å². The summed E-state index contributed by atoms with van der Waals surface area (Å²) in [5.74, 6) is 0. The fourth-order valence-corrected chi connectivity index (χ4v) is 2.92. The van der Waals surface area contributed by atoms with E-state index in [9.17, 15) is 0 Å². The molecule has 2 N–H and O–H groups in total. The average molecular weight is 287 g/mol. The molecule has 3 aromatic rings. The summed E-state index contributed by atoms with van der Waals surface area (Å²) in [6, 6.07) is 6.22. The third-order valence-corrected chi connectivity index (χ3v) is 4.17. The van der Waals surface area contributed by atoms with Crippen molar-refractivity contribution in [2.75, 3.05) is 6.54 Å². The Balaban J connectivity index is 1.55. The third kappa shape index (κ3) is 2.81. The zero-order valence-electron chi connectivity index (χ0n) is 11.3. The van der Waals surface area contributed by atoms with Gasteiger partial charge < -0.3 is 5.32 Å². The minimum Gasteiger partial charge on any atom is -0.312 e. The number of H-pyrrole nitrogens is 1. The van der Waals surface area contributed by atoms with Gasteiger partial charge in [-0.05, 0) is 17.5 Å². The van der Waals surface area contributed by atoms with E-state index in [0.717, 1.165) is 25.2 Å². The zero-order valence-corrected chi connectivity index (χ0v) is 12.2. The van der Waals surface area contributed by atoms with Gasteiger partial charge in [-0.25, -0.2) is 0 Å². The zero-order chi connectivity index (χ0) is 13.8. The van der Waals surface area contributed by atoms with Gasteiger partial charge in [0, 0.05) is 44.0 Å². The highest BCUT2D eigenvalue weighted by Gasteiger charge is 2.08. The van der Waals surface area contributed by atoms with E-state index in [-0.39, 0.29) is 0 Å². The number of nitrogens with one attached hydrogen (secondary N) is 2. The number of rotatable bonds is 6. The van der Waals surface area contributed by atoms with Crippen LogP contribution in [0.25, 0.3) is 10.6 Å². The molecule has 0 aliphatic carbocycles. The van der Waals surface area contributed by atoms with Gasteiger partial charge in [0.25, 0.3) is 0 Å². The van der Waals surface area contributed by atoms with Crippen molar-refractivity contribution in [2.24, 2.45) is 7.05 Å². The molecule has 3 rings (SSSR count). The molecule has 5 nitrogen and oxygen atoms in total. The summed E-state index contributed by atoms with van der Waals surface area (Å²) in [6.45, 7) is 1.75. The molecule has 0 fully saturated rings. The van der Waals surface area contributed by atoms with Crippen LogP contribution in [0.2, 0.25) is 0 Å². The standard InChI is InChI=1S/C14H17N5S/c1-19-12(5-7-17-19)4-6-15-9-11-10-16-18-14(11)13-3-2-8-20-13/h2-3,5,7-8,10,15H,4,6,9H2,1H3,(H,16,18). The van der Waals surface area contributed by atoms with Crippen LogP contribution >= 0.6 is 11.3 Å². The highest BCUT2D eigenvalue weighted by molar-refractivity contribution is 7.13. The van der Waals surface area contributed by atoms with Crippen molar-refractivity contribution < 1.29 is 0 Å². The van der Waals surface area contributed by atoms with E-state index >= 15 is 0 Å². The summed E-state index contributed by atoms with van der Waals surface area (Å²) in [5, 5.41) is 16.9. The van der Waals surface area contributed by atoms with Crippen molar-refractivity contribution in [2.45, 2.75) is 13.0 Å². The highest BCUT2D eigenvalue weighted by atomic mass is 32.1. The fraction of sp³-hybridized carbons (Fsp3) is 0.286. The molecule has 3 aromatic heterocycles. The summed E-state index contributed by atoms with van der Waals surface area (Å²) < 4.78 is 1.91. The van der Waals surface area contributed by atoms with E-state index in [0.29, 0.717) is 0 Å². The Morgan fingerprint density at radius 2 is 2.35 bits per heavy atom. The number of thiophene rings is 1. The molecule has 0 aliphatic rings. The summed E-state index contributed by atoms with van der Waals surface area (Å²) in [4.78, 5) is 1.23. The van der Waals surface area contributed by atoms with Crippen LogP contribution in [0.4, 0.5) is 0 Å². The van der Waals surface area contributed by atoms with Crippen LogP contribution in [0.3, 0.4) is 0 Å². The molecule has 0 unspecified atom stereocenters. The van der Waals surface area contributed by atoms with E-state index in [4.69, 9.17) is 0 Å². The monoisotopic (exact) mass is 287 g/mol. The lowest BCUT2D eigenvalue weighted by Gasteiger charge is -2.05. The maximum Gasteiger partial charge on any atom is 0.0794 e. The molecule has 0 saturated carbocycles. The molecular weight excluding hydrogens is 270 g/mol. The van der Waals surface area contributed by atoms with Gasteiger partial charge >= 0.3 is 0 Å². The molecule has 0 amide bonds. The number of hydrogen-bond acceptors (Lipinski definition) is 4. The third-order valence-electron chi connectivity index (χ3n) is 3.28. The van der Waals surface area contributed by atoms with Gasteiger partial charge in [0.1, 0.15) is 0 Å². The van der Waals surface area contributed by atoms with Gasteiger partial charge in [0.2, 0.25) is 0 Å². The Kier molecular flexibility index (Phi) is 3.94. The Bertz CT molecular complexity index is 653. The van der Waals surface area contributed by atoms with E-state index in [1.807, 2.05) is 24.1 Å². The molecule has 0 spiro atoms. The lowest BCUT2D eigenvalue weighted by molar-refractivity contribution is 0.643. The van der Waals surface area contributed by atoms with E-state index in [1.54, 1.807) is 11.3 Å². The van der Waals surface area contributed by atoms with Gasteiger partial charge in [-0.2, -0.15) is 10.2 Å². The second kappa shape index (κ2) is 6.02. The molecule has 0 radical (unpaired) electrons. The van der Waals surface area contributed by atoms with Crippen LogP contribution in [0, 0.1) is 0 Å². The first-order valence-electron chi connectivity index (χ1n) is 6.58. The van der Waals surface area contributed by atoms with Crippen LogP contribution in [0.1, 0.15) is 11.3 Å². The Labute approximate surface area is 121 Å². The molecule has 20 heavy (non-hydrogen) atoms. The van der Waals surface area contributed by atoms with Crippen LogP contribution in [0.15, 0.2) is 36.0 Å². The maximum atomic E-state index is 4.17. The van der Waals surface area contributed by atoms with Crippen molar-refractivity contribution in [1.82, 2.24) is 25.3 Å². The molecule has 0 bridgehead atoms. The van der Waals surface area contributed by atoms with Gasteiger partial charge in [-0.15, -0.1) is 11.3 Å². The Hall–Kier alpha value is -1.92. The molecular formula is C14H17N5S. The second-order valence-corrected chi connectivity index (χ2v) is 5.57. The first-order valence-corrected chi connectivity index (χ1v) is 7.46. The minimum atomic E-state index is 0.821. The molecule has 0 aliphatic heterocycles. The molecule has 6 heteroatoms. The van der Waals surface area contributed by atoms with Crippen LogP contribution in [-0.4, -0.2) is 26.5 Å². The van der Waals surface area contributed by atoms with Gasteiger partial charge in [0.05, 0.1) is 16.8 Å². The number of nitrogens with zero attached hydrogens (tertiary/aromatic N) is 3. The first-order chi connectivity index (χ1) is 9.84. The Morgan fingerprint density at radius 1 is 1.40 bits per heavy atom. The number of aromatic amines is 1. The smallest absolute Gasteiger partial charge is 0.0794 e. The quantitative estimate of drug-likeness (QED) is 0.683. The van der Waals surface area contributed by atoms with E-state index in [2.05, 4.69) is 44.2 Å². The normalized spacial score (nSPS) is 11.1. The Morgan fingerprint density at radius 3 is 3.10 bits per heavy atom. The predicted molar refractivity (Wildman–Crippen MR) is 80.5 cm³/mol. The second-order valence-electron chi connectivity index (χ2n) is 4.62. The molecule has 104 valence electrons. The number of aromatic nitrogens is 4. The summed E-state index contributed by atoms with van der Waals surface area (Å²) >= 11 is 1.72. The number of hydrogen-bond donors (Lipinski definition) is 2. The largest absolute Gasteiger partial charge is 0.312 e. The van der Waals surface area contributed by atoms with E-state index in [1.165, 1.54) is 16.1 Å². The molecule has 0 atom stereocenters. The lowest BCUT2D eigenvalue weighted by atomic mass is 10.2. The van der Waals surface area contributed by atoms with Crippen LogP contribution in [0.5, 0.6) is 0 Å². The minimum absolute atomic E-state index is 0.821. The lowest BCUT2D eigenvalue weighted by Crippen LogP contribution is -2.18. The van der Waals surface area contributed by atoms with Gasteiger partial charge in [-0.1, -0.05) is 6.07 Å². The van der Waals surface area contributed by atoms with Gasteiger partial charge in [-0.3, -0.25) is 9.78 Å². The fourth-order valence-electron chi connectivity index (χ4n) is 2.17. The van der Waals surface area contributed by atoms with E-state index < -0.39 is 0 Å². The highest BCUT2D eigenvalue weighted by Crippen LogP contribution is 2.25. The van der Waals surface area contributed by atoms with Gasteiger partial charge in [0.15, 0.2) is 0 Å². The molecule has 0 aromatic carbocycles. The number of aryl methyl sites for hydroxylation is 1. The van der Waals surface area contributed by atoms with Crippen LogP contribution in [-0.2, 0) is 20.0 Å². The summed E-state index contributed by atoms with van der Waals surface area (Å²) in [7, 11) is 1.97. The van der Waals surface area contributed by atoms with Crippen molar-refractivity contribution >= 4 is 11.3 Å². The maximum absolute atomic E-state index is 4.17. The predicted octanol–water partition coefficient (Wildman–Crippen LogP) is 2.20. The SMILES string of the molecule is Cn1nccc1CCNCc1cn[nH]c1-c1cccs1. The first kappa shape index (κ1) is 13.1. The average Bonchev–Trinajstić information content (AvgIpc) is 3.16. The summed E-state index contributed by atoms with van der Waals surface area (Å²) in [5.41, 5.74) is 3.56. The summed E-state index contributed by atoms with van der Waals surface area (Å²) in [6.07, 6.45) is 4.70. The van der Waals surface area contributed by atoms with Crippen molar-refractivity contribution in [3.63, 3.8) is 0 Å². The molecule has 3 heterocycles.